The summed E-state index contributed by atoms with van der Waals surface area (Å²) in [5, 5.41) is 26.5. The summed E-state index contributed by atoms with van der Waals surface area (Å²) in [6.07, 6.45) is 0.438. The van der Waals surface area contributed by atoms with E-state index < -0.39 is 5.97 Å². The van der Waals surface area contributed by atoms with Crippen molar-refractivity contribution in [1.29, 1.82) is 0 Å². The Bertz CT molecular complexity index is 1270. The fourth-order valence-electron chi connectivity index (χ4n) is 4.18. The quantitative estimate of drug-likeness (QED) is 0.477. The summed E-state index contributed by atoms with van der Waals surface area (Å²) in [6, 6.07) is 4.03. The molecule has 1 unspecified atom stereocenters. The minimum Gasteiger partial charge on any atom is -0.477 e. The molecule has 2 N–H and O–H groups in total. The highest BCUT2D eigenvalue weighted by molar-refractivity contribution is 6.42. The van der Waals surface area contributed by atoms with E-state index in [0.29, 0.717) is 46.6 Å². The highest BCUT2D eigenvalue weighted by Crippen LogP contribution is 2.30. The molecule has 3 heterocycles. The molecule has 186 valence electrons. The van der Waals surface area contributed by atoms with Gasteiger partial charge in [-0.05, 0) is 39.0 Å². The Labute approximate surface area is 212 Å². The second-order valence-corrected chi connectivity index (χ2v) is 9.59. The Morgan fingerprint density at radius 3 is 2.63 bits per heavy atom. The minimum absolute atomic E-state index is 0.0782. The molecule has 12 heteroatoms. The van der Waals surface area contributed by atoms with Gasteiger partial charge >= 0.3 is 5.97 Å². The number of hydrogen-bond donors (Lipinski definition) is 2. The number of nitrogens with one attached hydrogen (secondary N) is 1. The molecule has 1 amide bonds. The summed E-state index contributed by atoms with van der Waals surface area (Å²) in [6.45, 7) is 7.96. The van der Waals surface area contributed by atoms with Crippen LogP contribution in [0.1, 0.15) is 76.7 Å². The maximum Gasteiger partial charge on any atom is 0.354 e. The Balaban J connectivity index is 1.56. The number of carboxylic acids is 1. The smallest absolute Gasteiger partial charge is 0.354 e. The molecule has 0 fully saturated rings. The number of rotatable bonds is 7. The average Bonchev–Trinajstić information content (AvgIpc) is 3.41. The largest absolute Gasteiger partial charge is 0.477 e. The standard InChI is InChI=1S/C23H26Cl2N6O4/c1-11-7-19-16(10-30(11)22(32)15-5-6-17(24)18(25)8-15)20(23(33)34)31(29-19)12(2)9-26-13(3)21-28-27-14(4)35-21/h5-6,8,11-13,26H,7,9-10H2,1-4H3,(H,33,34)/t11-,12-,13?/m1/s1. The molecule has 1 aliphatic rings. The van der Waals surface area contributed by atoms with Gasteiger partial charge in [0.2, 0.25) is 11.8 Å². The number of amides is 1. The first kappa shape index (κ1) is 25.2. The molecule has 0 saturated heterocycles. The Hall–Kier alpha value is -2.95. The normalized spacial score (nSPS) is 17.2. The van der Waals surface area contributed by atoms with Crippen molar-refractivity contribution in [1.82, 2.24) is 30.2 Å². The maximum atomic E-state index is 13.2. The van der Waals surface area contributed by atoms with E-state index in [0.717, 1.165) is 0 Å². The van der Waals surface area contributed by atoms with Crippen molar-refractivity contribution in [3.8, 4) is 0 Å². The number of benzene rings is 1. The van der Waals surface area contributed by atoms with Gasteiger partial charge < -0.3 is 19.7 Å². The highest BCUT2D eigenvalue weighted by Gasteiger charge is 2.35. The number of carboxylic acid groups (broad SMARTS) is 1. The third-order valence-electron chi connectivity index (χ3n) is 6.12. The van der Waals surface area contributed by atoms with Gasteiger partial charge in [-0.2, -0.15) is 5.10 Å². The number of fused-ring (bicyclic) bond motifs is 1. The minimum atomic E-state index is -1.09. The van der Waals surface area contributed by atoms with E-state index in [1.165, 1.54) is 10.7 Å². The number of aryl methyl sites for hydroxylation is 1. The van der Waals surface area contributed by atoms with Gasteiger partial charge in [0.1, 0.15) is 0 Å². The highest BCUT2D eigenvalue weighted by atomic mass is 35.5. The van der Waals surface area contributed by atoms with Crippen LogP contribution in [0, 0.1) is 6.92 Å². The first-order chi connectivity index (χ1) is 16.6. The molecule has 1 aromatic carbocycles. The van der Waals surface area contributed by atoms with Gasteiger partial charge in [-0.3, -0.25) is 9.48 Å². The molecule has 3 atom stereocenters. The molecule has 2 aromatic heterocycles. The predicted molar refractivity (Wildman–Crippen MR) is 129 cm³/mol. The molecule has 0 saturated carbocycles. The second-order valence-electron chi connectivity index (χ2n) is 8.78. The predicted octanol–water partition coefficient (Wildman–Crippen LogP) is 4.08. The van der Waals surface area contributed by atoms with Gasteiger partial charge in [0.25, 0.3) is 5.91 Å². The van der Waals surface area contributed by atoms with Crippen LogP contribution in [0.5, 0.6) is 0 Å². The molecule has 10 nitrogen and oxygen atoms in total. The molecule has 3 aromatic rings. The molecule has 0 radical (unpaired) electrons. The number of hydrogen-bond acceptors (Lipinski definition) is 7. The van der Waals surface area contributed by atoms with Gasteiger partial charge in [-0.15, -0.1) is 10.2 Å². The third kappa shape index (κ3) is 5.05. The molecular weight excluding hydrogens is 495 g/mol. The Kier molecular flexibility index (Phi) is 7.16. The van der Waals surface area contributed by atoms with Crippen LogP contribution < -0.4 is 5.32 Å². The lowest BCUT2D eigenvalue weighted by Crippen LogP contribution is -2.42. The topological polar surface area (TPSA) is 126 Å². The van der Waals surface area contributed by atoms with Gasteiger partial charge in [0.05, 0.1) is 34.4 Å². The summed E-state index contributed by atoms with van der Waals surface area (Å²) >= 11 is 12.1. The van der Waals surface area contributed by atoms with Crippen molar-refractivity contribution < 1.29 is 19.1 Å². The monoisotopic (exact) mass is 520 g/mol. The van der Waals surface area contributed by atoms with Crippen molar-refractivity contribution >= 4 is 35.1 Å². The molecule has 4 rings (SSSR count). The lowest BCUT2D eigenvalue weighted by molar-refractivity contribution is 0.0633. The van der Waals surface area contributed by atoms with E-state index >= 15 is 0 Å². The van der Waals surface area contributed by atoms with Crippen LogP contribution in [0.2, 0.25) is 10.0 Å². The summed E-state index contributed by atoms with van der Waals surface area (Å²) in [7, 11) is 0. The lowest BCUT2D eigenvalue weighted by Gasteiger charge is -2.33. The summed E-state index contributed by atoms with van der Waals surface area (Å²) in [5.41, 5.74) is 1.69. The maximum absolute atomic E-state index is 13.2. The van der Waals surface area contributed by atoms with Crippen molar-refractivity contribution in [3.05, 3.63) is 62.5 Å². The van der Waals surface area contributed by atoms with Gasteiger partial charge in [-0.1, -0.05) is 23.2 Å². The van der Waals surface area contributed by atoms with E-state index in [-0.39, 0.29) is 41.3 Å². The van der Waals surface area contributed by atoms with Gasteiger partial charge in [-0.25, -0.2) is 4.79 Å². The number of nitrogens with zero attached hydrogens (tertiary/aromatic N) is 5. The summed E-state index contributed by atoms with van der Waals surface area (Å²) < 4.78 is 6.97. The SMILES string of the molecule is Cc1nnc(C(C)NC[C@@H](C)n2nc3c(c2C(=O)O)CN(C(=O)c2ccc(Cl)c(Cl)c2)[C@H](C)C3)o1. The van der Waals surface area contributed by atoms with Crippen molar-refractivity contribution in [2.24, 2.45) is 0 Å². The number of aromatic nitrogens is 4. The molecule has 0 spiro atoms. The van der Waals surface area contributed by atoms with Crippen LogP contribution >= 0.6 is 23.2 Å². The first-order valence-corrected chi connectivity index (χ1v) is 11.9. The van der Waals surface area contributed by atoms with Crippen molar-refractivity contribution in [2.75, 3.05) is 6.54 Å². The van der Waals surface area contributed by atoms with Crippen LogP contribution in [-0.2, 0) is 13.0 Å². The zero-order valence-corrected chi connectivity index (χ0v) is 21.3. The van der Waals surface area contributed by atoms with Gasteiger partial charge in [0.15, 0.2) is 5.69 Å². The number of halogens is 2. The molecule has 1 aliphatic heterocycles. The number of carbonyl (C=O) groups excluding carboxylic acids is 1. The van der Waals surface area contributed by atoms with Crippen molar-refractivity contribution in [2.45, 2.75) is 58.8 Å². The summed E-state index contributed by atoms with van der Waals surface area (Å²) in [5.74, 6) is -0.409. The zero-order valence-electron chi connectivity index (χ0n) is 19.7. The second kappa shape index (κ2) is 9.96. The van der Waals surface area contributed by atoms with Gasteiger partial charge in [0, 0.05) is 37.1 Å². The van der Waals surface area contributed by atoms with E-state index in [1.807, 2.05) is 20.8 Å². The number of aromatic carboxylic acids is 1. The van der Waals surface area contributed by atoms with Crippen molar-refractivity contribution in [3.63, 3.8) is 0 Å². The molecular formula is C23H26Cl2N6O4. The fraction of sp³-hybridized carbons (Fsp3) is 0.435. The summed E-state index contributed by atoms with van der Waals surface area (Å²) in [4.78, 5) is 27.2. The number of carbonyl (C=O) groups is 2. The average molecular weight is 521 g/mol. The van der Waals surface area contributed by atoms with Crippen LogP contribution in [0.3, 0.4) is 0 Å². The molecule has 35 heavy (non-hydrogen) atoms. The van der Waals surface area contributed by atoms with Crippen LogP contribution in [0.4, 0.5) is 0 Å². The van der Waals surface area contributed by atoms with Crippen LogP contribution in [0.25, 0.3) is 0 Å². The van der Waals surface area contributed by atoms with Crippen LogP contribution in [-0.4, -0.2) is 54.4 Å². The van der Waals surface area contributed by atoms with E-state index in [4.69, 9.17) is 27.6 Å². The zero-order chi connectivity index (χ0) is 25.4. The Morgan fingerprint density at radius 2 is 2.00 bits per heavy atom. The van der Waals surface area contributed by atoms with E-state index in [1.54, 1.807) is 24.0 Å². The lowest BCUT2D eigenvalue weighted by atomic mass is 9.98. The van der Waals surface area contributed by atoms with E-state index in [9.17, 15) is 14.7 Å². The third-order valence-corrected chi connectivity index (χ3v) is 6.86. The fourth-order valence-corrected chi connectivity index (χ4v) is 4.48. The Morgan fingerprint density at radius 1 is 1.26 bits per heavy atom. The molecule has 0 bridgehead atoms. The van der Waals surface area contributed by atoms with Crippen LogP contribution in [0.15, 0.2) is 22.6 Å². The first-order valence-electron chi connectivity index (χ1n) is 11.2. The van der Waals surface area contributed by atoms with E-state index in [2.05, 4.69) is 20.6 Å². The molecule has 0 aliphatic carbocycles.